The number of carbonyl (C=O) groups is 2. The average Bonchev–Trinajstić information content (AvgIpc) is 3.22. The number of hydrazone groups is 1. The summed E-state index contributed by atoms with van der Waals surface area (Å²) in [4.78, 5) is 26.8. The second-order valence-electron chi connectivity index (χ2n) is 6.93. The SMILES string of the molecule is COc1ccc(C(=O)NCC(=O)NN=C(C)c2cc(-c3ccccc3)sc2C)cc1OC. The van der Waals surface area contributed by atoms with Gasteiger partial charge in [-0.1, -0.05) is 30.3 Å². The highest BCUT2D eigenvalue weighted by Gasteiger charge is 2.13. The summed E-state index contributed by atoms with van der Waals surface area (Å²) in [6.45, 7) is 3.66. The Hall–Kier alpha value is -3.65. The lowest BCUT2D eigenvalue weighted by molar-refractivity contribution is -0.120. The number of amides is 2. The van der Waals surface area contributed by atoms with Crippen LogP contribution in [0.25, 0.3) is 10.4 Å². The second kappa shape index (κ2) is 10.6. The molecule has 2 N–H and O–H groups in total. The van der Waals surface area contributed by atoms with Crippen molar-refractivity contribution in [1.29, 1.82) is 0 Å². The summed E-state index contributed by atoms with van der Waals surface area (Å²) in [6.07, 6.45) is 0. The van der Waals surface area contributed by atoms with Crippen LogP contribution in [0.15, 0.2) is 59.7 Å². The van der Waals surface area contributed by atoms with E-state index in [9.17, 15) is 9.59 Å². The van der Waals surface area contributed by atoms with Crippen molar-refractivity contribution in [1.82, 2.24) is 10.7 Å². The van der Waals surface area contributed by atoms with Crippen molar-refractivity contribution < 1.29 is 19.1 Å². The van der Waals surface area contributed by atoms with Crippen molar-refractivity contribution >= 4 is 28.9 Å². The summed E-state index contributed by atoms with van der Waals surface area (Å²) in [5, 5.41) is 6.77. The van der Waals surface area contributed by atoms with Crippen LogP contribution in [0.5, 0.6) is 11.5 Å². The third-order valence-corrected chi connectivity index (χ3v) is 5.87. The lowest BCUT2D eigenvalue weighted by Crippen LogP contribution is -2.35. The van der Waals surface area contributed by atoms with E-state index in [1.807, 2.05) is 32.0 Å². The van der Waals surface area contributed by atoms with E-state index in [1.54, 1.807) is 29.5 Å². The molecule has 3 rings (SSSR count). The van der Waals surface area contributed by atoms with Gasteiger partial charge in [-0.15, -0.1) is 11.3 Å². The van der Waals surface area contributed by atoms with Crippen LogP contribution in [-0.2, 0) is 4.79 Å². The smallest absolute Gasteiger partial charge is 0.259 e. The molecule has 2 amide bonds. The van der Waals surface area contributed by atoms with Crippen LogP contribution < -0.4 is 20.2 Å². The zero-order valence-corrected chi connectivity index (χ0v) is 19.2. The molecule has 1 aromatic heterocycles. The number of carbonyl (C=O) groups excluding carboxylic acids is 2. The van der Waals surface area contributed by atoms with E-state index in [1.165, 1.54) is 14.2 Å². The minimum atomic E-state index is -0.422. The normalized spacial score (nSPS) is 11.1. The molecule has 166 valence electrons. The number of nitrogens with zero attached hydrogens (tertiary/aromatic N) is 1. The molecule has 32 heavy (non-hydrogen) atoms. The minimum Gasteiger partial charge on any atom is -0.493 e. The van der Waals surface area contributed by atoms with Crippen LogP contribution in [-0.4, -0.2) is 38.3 Å². The molecule has 0 bridgehead atoms. The van der Waals surface area contributed by atoms with Gasteiger partial charge in [0, 0.05) is 20.9 Å². The van der Waals surface area contributed by atoms with E-state index in [0.29, 0.717) is 22.8 Å². The molecular formula is C24H25N3O4S. The van der Waals surface area contributed by atoms with Crippen molar-refractivity contribution in [3.63, 3.8) is 0 Å². The lowest BCUT2D eigenvalue weighted by Gasteiger charge is -2.09. The van der Waals surface area contributed by atoms with Gasteiger partial charge in [0.05, 0.1) is 26.5 Å². The Morgan fingerprint density at radius 1 is 1.00 bits per heavy atom. The van der Waals surface area contributed by atoms with Crippen LogP contribution in [0.4, 0.5) is 0 Å². The maximum absolute atomic E-state index is 12.3. The van der Waals surface area contributed by atoms with Gasteiger partial charge in [-0.3, -0.25) is 9.59 Å². The van der Waals surface area contributed by atoms with Crippen LogP contribution in [0.2, 0.25) is 0 Å². The fourth-order valence-corrected chi connectivity index (χ4v) is 4.15. The van der Waals surface area contributed by atoms with Crippen LogP contribution in [0, 0.1) is 6.92 Å². The van der Waals surface area contributed by atoms with E-state index in [-0.39, 0.29) is 6.54 Å². The number of hydrogen-bond acceptors (Lipinski definition) is 6. The molecule has 0 radical (unpaired) electrons. The fourth-order valence-electron chi connectivity index (χ4n) is 3.07. The Morgan fingerprint density at radius 3 is 2.41 bits per heavy atom. The van der Waals surface area contributed by atoms with Gasteiger partial charge in [-0.05, 0) is 43.7 Å². The molecule has 0 unspecified atom stereocenters. The van der Waals surface area contributed by atoms with Gasteiger partial charge in [0.1, 0.15) is 0 Å². The molecule has 7 nitrogen and oxygen atoms in total. The molecule has 0 aliphatic heterocycles. The van der Waals surface area contributed by atoms with Crippen molar-refractivity contribution in [2.24, 2.45) is 5.10 Å². The lowest BCUT2D eigenvalue weighted by atomic mass is 10.1. The fraction of sp³-hybridized carbons (Fsp3) is 0.208. The summed E-state index contributed by atoms with van der Waals surface area (Å²) in [7, 11) is 3.01. The maximum Gasteiger partial charge on any atom is 0.259 e. The summed E-state index contributed by atoms with van der Waals surface area (Å²) < 4.78 is 10.4. The molecule has 0 aliphatic carbocycles. The standard InChI is InChI=1S/C24H25N3O4S/c1-15(19-13-22(32-16(19)2)17-8-6-5-7-9-17)26-27-23(28)14-25-24(29)18-10-11-20(30-3)21(12-18)31-4/h5-13H,14H2,1-4H3,(H,25,29)(H,27,28). The molecule has 1 heterocycles. The Morgan fingerprint density at radius 2 is 1.72 bits per heavy atom. The molecule has 8 heteroatoms. The first-order valence-electron chi connectivity index (χ1n) is 9.92. The Bertz CT molecular complexity index is 1140. The third-order valence-electron chi connectivity index (χ3n) is 4.77. The monoisotopic (exact) mass is 451 g/mol. The molecule has 0 aliphatic rings. The van der Waals surface area contributed by atoms with E-state index in [0.717, 1.165) is 20.9 Å². The number of benzene rings is 2. The van der Waals surface area contributed by atoms with Gasteiger partial charge in [-0.2, -0.15) is 5.10 Å². The molecular weight excluding hydrogens is 426 g/mol. The van der Waals surface area contributed by atoms with E-state index < -0.39 is 11.8 Å². The van der Waals surface area contributed by atoms with Crippen molar-refractivity contribution in [2.75, 3.05) is 20.8 Å². The van der Waals surface area contributed by atoms with Crippen molar-refractivity contribution in [2.45, 2.75) is 13.8 Å². The number of ether oxygens (including phenoxy) is 2. The van der Waals surface area contributed by atoms with Gasteiger partial charge >= 0.3 is 0 Å². The van der Waals surface area contributed by atoms with E-state index in [4.69, 9.17) is 9.47 Å². The van der Waals surface area contributed by atoms with Crippen molar-refractivity contribution in [3.8, 4) is 21.9 Å². The first-order chi connectivity index (χ1) is 15.4. The number of methoxy groups -OCH3 is 2. The first kappa shape index (κ1) is 23.0. The highest BCUT2D eigenvalue weighted by molar-refractivity contribution is 7.15. The number of rotatable bonds is 8. The number of thiophene rings is 1. The Kier molecular flexibility index (Phi) is 7.62. The molecule has 3 aromatic rings. The van der Waals surface area contributed by atoms with E-state index in [2.05, 4.69) is 34.0 Å². The molecule has 2 aromatic carbocycles. The Balaban J connectivity index is 1.58. The van der Waals surface area contributed by atoms with E-state index >= 15 is 0 Å². The minimum absolute atomic E-state index is 0.207. The zero-order chi connectivity index (χ0) is 23.1. The molecule has 0 fully saturated rings. The molecule has 0 atom stereocenters. The van der Waals surface area contributed by atoms with Gasteiger partial charge < -0.3 is 14.8 Å². The number of hydrogen-bond donors (Lipinski definition) is 2. The number of nitrogens with one attached hydrogen (secondary N) is 2. The van der Waals surface area contributed by atoms with Crippen LogP contribution in [0.3, 0.4) is 0 Å². The summed E-state index contributed by atoms with van der Waals surface area (Å²) in [5.74, 6) is 0.133. The van der Waals surface area contributed by atoms with Gasteiger partial charge in [0.2, 0.25) is 0 Å². The van der Waals surface area contributed by atoms with Crippen LogP contribution in [0.1, 0.15) is 27.7 Å². The predicted molar refractivity (Wildman–Crippen MR) is 127 cm³/mol. The topological polar surface area (TPSA) is 89.0 Å². The second-order valence-corrected chi connectivity index (χ2v) is 8.19. The average molecular weight is 452 g/mol. The predicted octanol–water partition coefficient (Wildman–Crippen LogP) is 4.01. The number of aryl methyl sites for hydroxylation is 1. The molecule has 0 spiro atoms. The quantitative estimate of drug-likeness (QED) is 0.400. The molecule has 0 saturated heterocycles. The maximum atomic E-state index is 12.3. The molecule has 0 saturated carbocycles. The van der Waals surface area contributed by atoms with Crippen LogP contribution >= 0.6 is 11.3 Å². The van der Waals surface area contributed by atoms with Gasteiger partial charge in [-0.25, -0.2) is 5.43 Å². The first-order valence-corrected chi connectivity index (χ1v) is 10.7. The third kappa shape index (κ3) is 5.53. The van der Waals surface area contributed by atoms with Crippen molar-refractivity contribution in [3.05, 3.63) is 70.6 Å². The van der Waals surface area contributed by atoms with Gasteiger partial charge in [0.15, 0.2) is 11.5 Å². The summed E-state index contributed by atoms with van der Waals surface area (Å²) in [6, 6.07) is 17.0. The summed E-state index contributed by atoms with van der Waals surface area (Å²) >= 11 is 1.68. The Labute approximate surface area is 191 Å². The summed E-state index contributed by atoms with van der Waals surface area (Å²) in [5.41, 5.74) is 5.67. The largest absolute Gasteiger partial charge is 0.493 e. The van der Waals surface area contributed by atoms with Gasteiger partial charge in [0.25, 0.3) is 11.8 Å². The highest BCUT2D eigenvalue weighted by Crippen LogP contribution is 2.31. The zero-order valence-electron chi connectivity index (χ0n) is 18.4. The highest BCUT2D eigenvalue weighted by atomic mass is 32.1.